The monoisotopic (exact) mass is 326 g/mol. The normalized spacial score (nSPS) is 24.5. The Bertz CT molecular complexity index is 663. The molecule has 128 valence electrons. The molecule has 0 radical (unpaired) electrons. The van der Waals surface area contributed by atoms with Gasteiger partial charge in [0.1, 0.15) is 5.75 Å². The fourth-order valence-electron chi connectivity index (χ4n) is 4.37. The predicted octanol–water partition coefficient (Wildman–Crippen LogP) is 4.50. The average Bonchev–Trinajstić information content (AvgIpc) is 3.11. The zero-order valence-electron chi connectivity index (χ0n) is 14.4. The number of ether oxygens (including phenoxy) is 1. The number of fused-ring (bicyclic) bond motifs is 1. The van der Waals surface area contributed by atoms with Gasteiger partial charge in [-0.3, -0.25) is 4.90 Å². The first kappa shape index (κ1) is 15.7. The van der Waals surface area contributed by atoms with Gasteiger partial charge < -0.3 is 9.15 Å². The molecular weight excluding hydrogens is 300 g/mol. The van der Waals surface area contributed by atoms with Crippen LogP contribution >= 0.6 is 0 Å². The van der Waals surface area contributed by atoms with Gasteiger partial charge in [-0.2, -0.15) is 0 Å². The largest absolute Gasteiger partial charge is 0.497 e. The molecule has 0 spiro atoms. The van der Waals surface area contributed by atoms with Crippen LogP contribution in [-0.4, -0.2) is 29.6 Å². The van der Waals surface area contributed by atoms with Crippen LogP contribution < -0.4 is 4.74 Å². The van der Waals surface area contributed by atoms with Gasteiger partial charge in [-0.05, 0) is 62.4 Å². The van der Waals surface area contributed by atoms with E-state index < -0.39 is 0 Å². The second-order valence-corrected chi connectivity index (χ2v) is 7.07. The van der Waals surface area contributed by atoms with E-state index in [9.17, 15) is 0 Å². The smallest absolute Gasteiger partial charge is 0.209 e. The number of methoxy groups -OCH3 is 1. The quantitative estimate of drug-likeness (QED) is 0.829. The Morgan fingerprint density at radius 3 is 2.75 bits per heavy atom. The van der Waals surface area contributed by atoms with Crippen LogP contribution in [0.1, 0.15) is 44.4 Å². The van der Waals surface area contributed by atoms with Crippen LogP contribution in [-0.2, 0) is 6.54 Å². The summed E-state index contributed by atoms with van der Waals surface area (Å²) in [7, 11) is 1.68. The van der Waals surface area contributed by atoms with Crippen molar-refractivity contribution in [1.29, 1.82) is 0 Å². The summed E-state index contributed by atoms with van der Waals surface area (Å²) in [6, 6.07) is 8.68. The molecule has 1 aliphatic heterocycles. The summed E-state index contributed by atoms with van der Waals surface area (Å²) in [4.78, 5) is 7.14. The van der Waals surface area contributed by atoms with Crippen molar-refractivity contribution in [3.63, 3.8) is 0 Å². The van der Waals surface area contributed by atoms with E-state index in [1.165, 1.54) is 45.1 Å². The summed E-state index contributed by atoms with van der Waals surface area (Å²) in [5.41, 5.74) is 1.05. The minimum absolute atomic E-state index is 0.740. The minimum atomic E-state index is 0.740. The molecule has 2 fully saturated rings. The zero-order valence-corrected chi connectivity index (χ0v) is 14.4. The summed E-state index contributed by atoms with van der Waals surface area (Å²) in [6.45, 7) is 2.03. The van der Waals surface area contributed by atoms with E-state index >= 15 is 0 Å². The Labute approximate surface area is 143 Å². The Kier molecular flexibility index (Phi) is 4.56. The highest BCUT2D eigenvalue weighted by Gasteiger charge is 2.33. The molecule has 1 saturated heterocycles. The number of benzene rings is 1. The maximum Gasteiger partial charge on any atom is 0.209 e. The summed E-state index contributed by atoms with van der Waals surface area (Å²) >= 11 is 0. The van der Waals surface area contributed by atoms with Crippen molar-refractivity contribution in [2.75, 3.05) is 13.7 Å². The fourth-order valence-corrected chi connectivity index (χ4v) is 4.37. The lowest BCUT2D eigenvalue weighted by atomic mass is 9.78. The third-order valence-corrected chi connectivity index (χ3v) is 5.62. The lowest BCUT2D eigenvalue weighted by Crippen LogP contribution is -2.46. The van der Waals surface area contributed by atoms with E-state index in [4.69, 9.17) is 9.15 Å². The van der Waals surface area contributed by atoms with Crippen LogP contribution in [0.5, 0.6) is 5.75 Å². The van der Waals surface area contributed by atoms with Crippen LogP contribution in [0, 0.1) is 5.92 Å². The highest BCUT2D eigenvalue weighted by atomic mass is 16.5. The third kappa shape index (κ3) is 3.20. The Balaban J connectivity index is 1.46. The van der Waals surface area contributed by atoms with Crippen molar-refractivity contribution >= 4 is 0 Å². The van der Waals surface area contributed by atoms with Gasteiger partial charge >= 0.3 is 0 Å². The van der Waals surface area contributed by atoms with E-state index in [-0.39, 0.29) is 0 Å². The molecule has 0 unspecified atom stereocenters. The topological polar surface area (TPSA) is 38.5 Å². The lowest BCUT2D eigenvalue weighted by Gasteiger charge is -2.43. The predicted molar refractivity (Wildman–Crippen MR) is 93.9 cm³/mol. The van der Waals surface area contributed by atoms with Crippen molar-refractivity contribution in [3.05, 3.63) is 36.4 Å². The number of aromatic nitrogens is 1. The molecule has 0 bridgehead atoms. The summed E-state index contributed by atoms with van der Waals surface area (Å²) < 4.78 is 11.2. The molecule has 1 saturated carbocycles. The SMILES string of the molecule is COc1ccc(-c2cnc(CN3CCC[C@@H]4CCCC[C@H]43)o2)cc1. The van der Waals surface area contributed by atoms with Gasteiger partial charge in [0.25, 0.3) is 0 Å². The number of hydrogen-bond acceptors (Lipinski definition) is 4. The van der Waals surface area contributed by atoms with Crippen molar-refractivity contribution in [3.8, 4) is 17.1 Å². The molecule has 4 rings (SSSR count). The first-order valence-electron chi connectivity index (χ1n) is 9.16. The van der Waals surface area contributed by atoms with Crippen molar-refractivity contribution in [2.24, 2.45) is 5.92 Å². The van der Waals surface area contributed by atoms with Crippen molar-refractivity contribution in [1.82, 2.24) is 9.88 Å². The number of oxazole rings is 1. The number of nitrogens with zero attached hydrogens (tertiary/aromatic N) is 2. The molecular formula is C20H26N2O2. The number of piperidine rings is 1. The van der Waals surface area contributed by atoms with E-state index in [0.29, 0.717) is 0 Å². The standard InChI is InChI=1S/C20H26N2O2/c1-23-17-10-8-16(9-11-17)19-13-21-20(24-19)14-22-12-4-6-15-5-2-3-7-18(15)22/h8-11,13,15,18H,2-7,12,14H2,1H3/t15-,18+/m0/s1. The van der Waals surface area contributed by atoms with Crippen LogP contribution in [0.4, 0.5) is 0 Å². The maximum atomic E-state index is 6.03. The summed E-state index contributed by atoms with van der Waals surface area (Å²) in [5.74, 6) is 3.43. The average molecular weight is 326 g/mol. The van der Waals surface area contributed by atoms with Crippen molar-refractivity contribution < 1.29 is 9.15 Å². The highest BCUT2D eigenvalue weighted by molar-refractivity contribution is 5.57. The molecule has 1 aromatic carbocycles. The molecule has 0 amide bonds. The molecule has 0 N–H and O–H groups in total. The first-order chi connectivity index (χ1) is 11.8. The molecule has 4 nitrogen and oxygen atoms in total. The maximum absolute atomic E-state index is 6.03. The van der Waals surface area contributed by atoms with Crippen LogP contribution in [0.15, 0.2) is 34.9 Å². The molecule has 4 heteroatoms. The van der Waals surface area contributed by atoms with E-state index in [0.717, 1.165) is 41.5 Å². The van der Waals surface area contributed by atoms with Crippen LogP contribution in [0.25, 0.3) is 11.3 Å². The van der Waals surface area contributed by atoms with E-state index in [1.807, 2.05) is 30.5 Å². The molecule has 2 atom stereocenters. The van der Waals surface area contributed by atoms with Gasteiger partial charge in [0.2, 0.25) is 5.89 Å². The Morgan fingerprint density at radius 1 is 1.12 bits per heavy atom. The summed E-state index contributed by atoms with van der Waals surface area (Å²) in [5, 5.41) is 0. The van der Waals surface area contributed by atoms with Crippen molar-refractivity contribution in [2.45, 2.75) is 51.1 Å². The third-order valence-electron chi connectivity index (χ3n) is 5.62. The lowest BCUT2D eigenvalue weighted by molar-refractivity contribution is 0.0483. The summed E-state index contributed by atoms with van der Waals surface area (Å²) in [6.07, 6.45) is 10.1. The molecule has 24 heavy (non-hydrogen) atoms. The second kappa shape index (κ2) is 6.98. The second-order valence-electron chi connectivity index (χ2n) is 7.07. The Hall–Kier alpha value is -1.81. The van der Waals surface area contributed by atoms with Gasteiger partial charge in [-0.1, -0.05) is 12.8 Å². The first-order valence-corrected chi connectivity index (χ1v) is 9.16. The highest BCUT2D eigenvalue weighted by Crippen LogP contribution is 2.36. The van der Waals surface area contributed by atoms with Crippen LogP contribution in [0.2, 0.25) is 0 Å². The van der Waals surface area contributed by atoms with Gasteiger partial charge in [0, 0.05) is 11.6 Å². The molecule has 2 aliphatic rings. The van der Waals surface area contributed by atoms with Gasteiger partial charge in [-0.15, -0.1) is 0 Å². The van der Waals surface area contributed by atoms with Crippen LogP contribution in [0.3, 0.4) is 0 Å². The number of likely N-dealkylation sites (tertiary alicyclic amines) is 1. The number of hydrogen-bond donors (Lipinski definition) is 0. The van der Waals surface area contributed by atoms with Gasteiger partial charge in [-0.25, -0.2) is 4.98 Å². The van der Waals surface area contributed by atoms with Gasteiger partial charge in [0.15, 0.2) is 5.76 Å². The van der Waals surface area contributed by atoms with Gasteiger partial charge in [0.05, 0.1) is 19.9 Å². The van der Waals surface area contributed by atoms with E-state index in [2.05, 4.69) is 9.88 Å². The van der Waals surface area contributed by atoms with E-state index in [1.54, 1.807) is 7.11 Å². The Morgan fingerprint density at radius 2 is 1.92 bits per heavy atom. The molecule has 2 aromatic rings. The fraction of sp³-hybridized carbons (Fsp3) is 0.550. The molecule has 2 heterocycles. The molecule has 1 aromatic heterocycles. The zero-order chi connectivity index (χ0) is 16.4. The minimum Gasteiger partial charge on any atom is -0.497 e. The molecule has 1 aliphatic carbocycles. The number of rotatable bonds is 4.